The van der Waals surface area contributed by atoms with Crippen LogP contribution in [0.25, 0.3) is 32.9 Å². The van der Waals surface area contributed by atoms with Crippen molar-refractivity contribution < 1.29 is 26.7 Å². The van der Waals surface area contributed by atoms with Crippen LogP contribution in [0.3, 0.4) is 0 Å². The van der Waals surface area contributed by atoms with Crippen molar-refractivity contribution in [2.75, 3.05) is 5.32 Å². The van der Waals surface area contributed by atoms with Crippen molar-refractivity contribution in [2.45, 2.75) is 6.92 Å². The highest BCUT2D eigenvalue weighted by atomic mass is 35.5. The van der Waals surface area contributed by atoms with Crippen LogP contribution in [0, 0.1) is 10.1 Å². The van der Waals surface area contributed by atoms with E-state index in [0.29, 0.717) is 0 Å². The smallest absolute Gasteiger partial charge is 0.269 e. The highest BCUT2D eigenvalue weighted by molar-refractivity contribution is 6.09. The quantitative estimate of drug-likeness (QED) is 0.241. The molecule has 3 aromatic carbocycles. The molecule has 0 atom stereocenters. The molecule has 6 nitrogen and oxygen atoms in total. The number of rotatable bonds is 3. The van der Waals surface area contributed by atoms with Gasteiger partial charge >= 0.3 is 0 Å². The van der Waals surface area contributed by atoms with E-state index in [1.54, 1.807) is 12.1 Å². The Kier molecular flexibility index (Phi) is 5.48. The third-order valence-corrected chi connectivity index (χ3v) is 4.84. The number of aromatic nitrogens is 1. The molecule has 0 aliphatic rings. The Morgan fingerprint density at radius 2 is 1.62 bits per heavy atom. The molecule has 0 spiro atoms. The Morgan fingerprint density at radius 3 is 2.24 bits per heavy atom. The first kappa shape index (κ1) is 20.2. The van der Waals surface area contributed by atoms with E-state index in [9.17, 15) is 14.9 Å². The number of aryl methyl sites for hydroxylation is 1. The number of hydrogen-bond acceptors (Lipinski definition) is 3. The average molecular weight is 408 g/mol. The molecule has 29 heavy (non-hydrogen) atoms. The van der Waals surface area contributed by atoms with Crippen LogP contribution < -0.4 is 22.3 Å². The molecule has 0 radical (unpaired) electrons. The number of carbonyl (C=O) groups excluding carboxylic acids is 1. The zero-order valence-corrected chi connectivity index (χ0v) is 16.6. The van der Waals surface area contributed by atoms with Crippen molar-refractivity contribution in [2.24, 2.45) is 7.05 Å². The first-order chi connectivity index (χ1) is 13.5. The minimum Gasteiger partial charge on any atom is -1.00 e. The van der Waals surface area contributed by atoms with Crippen LogP contribution in [0.15, 0.2) is 66.7 Å². The Balaban J connectivity index is 0.00000240. The zero-order valence-electron chi connectivity index (χ0n) is 15.8. The van der Waals surface area contributed by atoms with Crippen LogP contribution >= 0.6 is 0 Å². The lowest BCUT2D eigenvalue weighted by Crippen LogP contribution is -3.00. The molecule has 0 bridgehead atoms. The Bertz CT molecular complexity index is 1250. The summed E-state index contributed by atoms with van der Waals surface area (Å²) in [5, 5.41) is 17.0. The molecule has 1 N–H and O–H groups in total. The summed E-state index contributed by atoms with van der Waals surface area (Å²) in [5.74, 6) is -0.126. The van der Waals surface area contributed by atoms with E-state index < -0.39 is 4.92 Å². The van der Waals surface area contributed by atoms with Gasteiger partial charge in [-0.3, -0.25) is 14.9 Å². The number of hydrogen-bond donors (Lipinski definition) is 1. The highest BCUT2D eigenvalue weighted by Gasteiger charge is 2.21. The van der Waals surface area contributed by atoms with Crippen molar-refractivity contribution in [1.82, 2.24) is 0 Å². The number of nitro groups is 1. The third kappa shape index (κ3) is 3.62. The van der Waals surface area contributed by atoms with Crippen molar-refractivity contribution in [3.05, 3.63) is 76.8 Å². The molecule has 0 unspecified atom stereocenters. The van der Waals surface area contributed by atoms with Gasteiger partial charge in [-0.2, -0.15) is 4.57 Å². The number of pyridine rings is 1. The number of carbonyl (C=O) groups is 1. The molecule has 0 saturated heterocycles. The average Bonchev–Trinajstić information content (AvgIpc) is 2.68. The standard InChI is InChI=1S/C22H17N3O3.ClH/c1-14(26)23-16-9-12-19-18-5-3-4-6-20(18)22(24(2)21(19)13-16)15-7-10-17(11-8-15)25(27)28;/h3-13H,1-2H3;1H. The number of non-ortho nitro benzene ring substituents is 1. The van der Waals surface area contributed by atoms with Gasteiger partial charge in [0.2, 0.25) is 17.1 Å². The van der Waals surface area contributed by atoms with Gasteiger partial charge in [-0.15, -0.1) is 0 Å². The molecule has 0 saturated carbocycles. The van der Waals surface area contributed by atoms with E-state index in [0.717, 1.165) is 38.6 Å². The van der Waals surface area contributed by atoms with Crippen LogP contribution in [0.2, 0.25) is 0 Å². The summed E-state index contributed by atoms with van der Waals surface area (Å²) >= 11 is 0. The predicted octanol–water partition coefficient (Wildman–Crippen LogP) is 1.36. The Hall–Kier alpha value is -3.51. The van der Waals surface area contributed by atoms with E-state index in [-0.39, 0.29) is 24.0 Å². The molecule has 7 heteroatoms. The first-order valence-electron chi connectivity index (χ1n) is 8.82. The van der Waals surface area contributed by atoms with Crippen molar-refractivity contribution in [3.8, 4) is 11.3 Å². The maximum absolute atomic E-state index is 11.4. The van der Waals surface area contributed by atoms with Crippen LogP contribution in [-0.2, 0) is 11.8 Å². The third-order valence-electron chi connectivity index (χ3n) is 4.84. The number of nitro benzene ring substituents is 1. The Morgan fingerprint density at radius 1 is 0.966 bits per heavy atom. The van der Waals surface area contributed by atoms with E-state index >= 15 is 0 Å². The van der Waals surface area contributed by atoms with Gasteiger partial charge in [-0.05, 0) is 30.3 Å². The van der Waals surface area contributed by atoms with Gasteiger partial charge in [0.25, 0.3) is 5.69 Å². The Labute approximate surface area is 173 Å². The fourth-order valence-electron chi connectivity index (χ4n) is 3.63. The molecule has 1 amide bonds. The molecule has 1 heterocycles. The number of anilines is 1. The van der Waals surface area contributed by atoms with Crippen LogP contribution in [0.1, 0.15) is 6.92 Å². The molecule has 0 aliphatic heterocycles. The monoisotopic (exact) mass is 407 g/mol. The van der Waals surface area contributed by atoms with Crippen molar-refractivity contribution in [3.63, 3.8) is 0 Å². The van der Waals surface area contributed by atoms with Crippen LogP contribution in [0.5, 0.6) is 0 Å². The normalized spacial score (nSPS) is 10.6. The second-order valence-electron chi connectivity index (χ2n) is 6.67. The first-order valence-corrected chi connectivity index (χ1v) is 8.82. The minimum atomic E-state index is -0.401. The summed E-state index contributed by atoms with van der Waals surface area (Å²) in [5.41, 5.74) is 3.58. The molecule has 0 aliphatic carbocycles. The summed E-state index contributed by atoms with van der Waals surface area (Å²) in [6, 6.07) is 20.5. The molecular weight excluding hydrogens is 390 g/mol. The van der Waals surface area contributed by atoms with E-state index in [2.05, 4.69) is 16.0 Å². The SMILES string of the molecule is CC(=O)Nc1ccc2c3ccccc3c(-c3ccc([N+](=O)[O-])cc3)[n+](C)c2c1.[Cl-]. The van der Waals surface area contributed by atoms with Gasteiger partial charge in [0.15, 0.2) is 0 Å². The molecule has 146 valence electrons. The minimum absolute atomic E-state index is 0. The number of fused-ring (bicyclic) bond motifs is 3. The highest BCUT2D eigenvalue weighted by Crippen LogP contribution is 2.32. The number of benzene rings is 3. The molecule has 0 fully saturated rings. The van der Waals surface area contributed by atoms with E-state index in [1.165, 1.54) is 19.1 Å². The molecular formula is C22H18ClN3O3. The van der Waals surface area contributed by atoms with Crippen molar-refractivity contribution in [1.29, 1.82) is 0 Å². The lowest BCUT2D eigenvalue weighted by Gasteiger charge is -2.11. The predicted molar refractivity (Wildman–Crippen MR) is 109 cm³/mol. The number of halogens is 1. The fraction of sp³-hybridized carbons (Fsp3) is 0.0909. The van der Waals surface area contributed by atoms with Gasteiger partial charge in [-0.1, -0.05) is 18.2 Å². The maximum Gasteiger partial charge on any atom is 0.269 e. The maximum atomic E-state index is 11.4. The second-order valence-corrected chi connectivity index (χ2v) is 6.67. The fourth-order valence-corrected chi connectivity index (χ4v) is 3.63. The number of nitrogens with zero attached hydrogens (tertiary/aromatic N) is 2. The molecule has 4 rings (SSSR count). The molecule has 4 aromatic rings. The summed E-state index contributed by atoms with van der Waals surface area (Å²) in [4.78, 5) is 22.0. The second kappa shape index (κ2) is 7.85. The topological polar surface area (TPSA) is 76.1 Å². The van der Waals surface area contributed by atoms with Gasteiger partial charge in [-0.25, -0.2) is 0 Å². The largest absolute Gasteiger partial charge is 1.00 e. The van der Waals surface area contributed by atoms with Gasteiger partial charge < -0.3 is 17.7 Å². The summed E-state index contributed by atoms with van der Waals surface area (Å²) < 4.78 is 2.06. The number of nitrogens with one attached hydrogen (secondary N) is 1. The van der Waals surface area contributed by atoms with Gasteiger partial charge in [0.05, 0.1) is 15.7 Å². The van der Waals surface area contributed by atoms with Gasteiger partial charge in [0.1, 0.15) is 7.05 Å². The summed E-state index contributed by atoms with van der Waals surface area (Å²) in [6.07, 6.45) is 0. The summed E-state index contributed by atoms with van der Waals surface area (Å²) in [6.45, 7) is 1.48. The summed E-state index contributed by atoms with van der Waals surface area (Å²) in [7, 11) is 1.96. The lowest BCUT2D eigenvalue weighted by molar-refractivity contribution is -0.632. The number of amides is 1. The van der Waals surface area contributed by atoms with E-state index in [4.69, 9.17) is 0 Å². The molecule has 1 aromatic heterocycles. The lowest BCUT2D eigenvalue weighted by atomic mass is 9.99. The van der Waals surface area contributed by atoms with Crippen molar-refractivity contribution >= 4 is 39.0 Å². The van der Waals surface area contributed by atoms with E-state index in [1.807, 2.05) is 43.4 Å². The van der Waals surface area contributed by atoms with Gasteiger partial charge in [0, 0.05) is 41.8 Å². The van der Waals surface area contributed by atoms with Crippen LogP contribution in [0.4, 0.5) is 11.4 Å². The zero-order chi connectivity index (χ0) is 19.8. The van der Waals surface area contributed by atoms with Crippen LogP contribution in [-0.4, -0.2) is 10.8 Å².